The summed E-state index contributed by atoms with van der Waals surface area (Å²) < 4.78 is 11.0. The molecule has 2 aromatic heterocycles. The van der Waals surface area contributed by atoms with Crippen LogP contribution >= 0.6 is 0 Å². The van der Waals surface area contributed by atoms with Crippen molar-refractivity contribution in [3.8, 4) is 17.0 Å². The van der Waals surface area contributed by atoms with Crippen molar-refractivity contribution < 1.29 is 18.9 Å². The fourth-order valence-electron chi connectivity index (χ4n) is 5.65. The molecule has 10 nitrogen and oxygen atoms in total. The van der Waals surface area contributed by atoms with Crippen molar-refractivity contribution >= 4 is 17.6 Å². The molecule has 218 valence electrons. The minimum absolute atomic E-state index is 0.00622. The molecule has 42 heavy (non-hydrogen) atoms. The van der Waals surface area contributed by atoms with Gasteiger partial charge >= 0.3 is 0 Å². The predicted octanol–water partition coefficient (Wildman–Crippen LogP) is 6.09. The number of nitrogens with one attached hydrogen (secondary N) is 2. The Kier molecular flexibility index (Phi) is 8.51. The van der Waals surface area contributed by atoms with Crippen molar-refractivity contribution in [2.75, 3.05) is 19.0 Å². The lowest BCUT2D eigenvalue weighted by molar-refractivity contribution is -0.384. The van der Waals surface area contributed by atoms with Gasteiger partial charge in [-0.15, -0.1) is 0 Å². The zero-order chi connectivity index (χ0) is 29.6. The number of nitro groups is 1. The SMILES string of the molecule is COc1ccc(C2(CNC(=O)C(C)(Cc3ccccc3)Nc3nc(-c4ccc([N+](=O)[O-])cc4)co3)CCCCC2)nc1. The van der Waals surface area contributed by atoms with E-state index in [0.717, 1.165) is 36.9 Å². The normalized spacial score (nSPS) is 15.8. The van der Waals surface area contributed by atoms with Crippen LogP contribution in [0.2, 0.25) is 0 Å². The lowest BCUT2D eigenvalue weighted by Crippen LogP contribution is -2.55. The number of nitro benzene ring substituents is 1. The number of hydrogen-bond donors (Lipinski definition) is 2. The van der Waals surface area contributed by atoms with E-state index in [2.05, 4.69) is 15.6 Å². The number of aromatic nitrogens is 2. The van der Waals surface area contributed by atoms with Crippen LogP contribution in [0.5, 0.6) is 5.75 Å². The highest BCUT2D eigenvalue weighted by Crippen LogP contribution is 2.38. The van der Waals surface area contributed by atoms with E-state index >= 15 is 0 Å². The van der Waals surface area contributed by atoms with Gasteiger partial charge in [-0.1, -0.05) is 49.6 Å². The molecule has 1 saturated carbocycles. The molecule has 1 aliphatic rings. The zero-order valence-electron chi connectivity index (χ0n) is 23.8. The molecule has 1 atom stereocenters. The molecule has 1 fully saturated rings. The highest BCUT2D eigenvalue weighted by Gasteiger charge is 2.39. The van der Waals surface area contributed by atoms with Crippen molar-refractivity contribution in [3.05, 3.63) is 101 Å². The fraction of sp³-hybridized carbons (Fsp3) is 0.344. The quantitative estimate of drug-likeness (QED) is 0.164. The fourth-order valence-corrected chi connectivity index (χ4v) is 5.65. The van der Waals surface area contributed by atoms with Crippen LogP contribution in [-0.2, 0) is 16.6 Å². The van der Waals surface area contributed by atoms with Crippen LogP contribution in [0.3, 0.4) is 0 Å². The summed E-state index contributed by atoms with van der Waals surface area (Å²) in [6.07, 6.45) is 8.79. The van der Waals surface area contributed by atoms with Crippen molar-refractivity contribution in [2.45, 2.75) is 56.4 Å². The molecule has 1 aliphatic carbocycles. The van der Waals surface area contributed by atoms with E-state index in [1.54, 1.807) is 25.4 Å². The monoisotopic (exact) mass is 569 g/mol. The number of amides is 1. The van der Waals surface area contributed by atoms with Gasteiger partial charge in [-0.05, 0) is 49.6 Å². The summed E-state index contributed by atoms with van der Waals surface area (Å²) in [5, 5.41) is 17.5. The molecule has 4 aromatic rings. The second-order valence-electron chi connectivity index (χ2n) is 11.1. The number of ether oxygens (including phenoxy) is 1. The van der Waals surface area contributed by atoms with E-state index in [-0.39, 0.29) is 23.0 Å². The van der Waals surface area contributed by atoms with E-state index in [1.807, 2.05) is 49.4 Å². The first kappa shape index (κ1) is 28.8. The first-order valence-corrected chi connectivity index (χ1v) is 14.1. The van der Waals surface area contributed by atoms with Gasteiger partial charge in [0.2, 0.25) is 5.91 Å². The average Bonchev–Trinajstić information content (AvgIpc) is 3.49. The molecular formula is C32H35N5O5. The molecule has 0 spiro atoms. The summed E-state index contributed by atoms with van der Waals surface area (Å²) in [6, 6.07) is 20.0. The van der Waals surface area contributed by atoms with Gasteiger partial charge in [0.1, 0.15) is 23.2 Å². The molecule has 10 heteroatoms. The van der Waals surface area contributed by atoms with Gasteiger partial charge < -0.3 is 19.8 Å². The Balaban J connectivity index is 1.37. The van der Waals surface area contributed by atoms with E-state index in [1.165, 1.54) is 24.8 Å². The Morgan fingerprint density at radius 3 is 2.45 bits per heavy atom. The first-order chi connectivity index (χ1) is 20.3. The summed E-state index contributed by atoms with van der Waals surface area (Å²) in [5.41, 5.74) is 1.74. The van der Waals surface area contributed by atoms with E-state index in [9.17, 15) is 14.9 Å². The maximum Gasteiger partial charge on any atom is 0.295 e. The molecule has 5 rings (SSSR count). The Morgan fingerprint density at radius 2 is 1.81 bits per heavy atom. The van der Waals surface area contributed by atoms with Crippen LogP contribution in [0.1, 0.15) is 50.3 Å². The number of non-ortho nitro benzene ring substituents is 1. The van der Waals surface area contributed by atoms with Crippen molar-refractivity contribution in [3.63, 3.8) is 0 Å². The van der Waals surface area contributed by atoms with Gasteiger partial charge in [-0.2, -0.15) is 4.98 Å². The Bertz CT molecular complexity index is 1500. The predicted molar refractivity (Wildman–Crippen MR) is 159 cm³/mol. The highest BCUT2D eigenvalue weighted by atomic mass is 16.6. The summed E-state index contributed by atoms with van der Waals surface area (Å²) in [5.74, 6) is 0.521. The largest absolute Gasteiger partial charge is 0.495 e. The summed E-state index contributed by atoms with van der Waals surface area (Å²) in [6.45, 7) is 2.29. The maximum absolute atomic E-state index is 14.0. The van der Waals surface area contributed by atoms with E-state index in [4.69, 9.17) is 14.1 Å². The number of rotatable bonds is 11. The van der Waals surface area contributed by atoms with Crippen molar-refractivity contribution in [1.29, 1.82) is 0 Å². The number of hydrogen-bond acceptors (Lipinski definition) is 8. The van der Waals surface area contributed by atoms with Crippen LogP contribution in [0.4, 0.5) is 11.7 Å². The highest BCUT2D eigenvalue weighted by molar-refractivity contribution is 5.89. The standard InChI is InChI=1S/C32H35N5O5/c1-31(19-23-9-5-3-6-10-23,36-30-35-27(21-42-30)24-11-13-25(14-12-24)37(39)40)29(38)34-22-32(17-7-4-8-18-32)28-16-15-26(41-2)20-33-28/h3,5-6,9-16,20-21H,4,7-8,17-19,22H2,1-2H3,(H,34,38)(H,35,36). The lowest BCUT2D eigenvalue weighted by Gasteiger charge is -2.38. The lowest BCUT2D eigenvalue weighted by atomic mass is 9.71. The molecular weight excluding hydrogens is 534 g/mol. The van der Waals surface area contributed by atoms with Gasteiger partial charge in [0, 0.05) is 41.8 Å². The second kappa shape index (κ2) is 12.4. The third-order valence-corrected chi connectivity index (χ3v) is 8.08. The topological polar surface area (TPSA) is 132 Å². The van der Waals surface area contributed by atoms with E-state index < -0.39 is 10.5 Å². The van der Waals surface area contributed by atoms with Gasteiger partial charge in [0.15, 0.2) is 0 Å². The van der Waals surface area contributed by atoms with Gasteiger partial charge in [0.25, 0.3) is 11.7 Å². The third-order valence-electron chi connectivity index (χ3n) is 8.08. The Morgan fingerprint density at radius 1 is 1.07 bits per heavy atom. The molecule has 0 saturated heterocycles. The summed E-state index contributed by atoms with van der Waals surface area (Å²) in [4.78, 5) is 33.8. The first-order valence-electron chi connectivity index (χ1n) is 14.1. The van der Waals surface area contributed by atoms with E-state index in [0.29, 0.717) is 30.0 Å². The molecule has 2 aromatic carbocycles. The molecule has 0 radical (unpaired) electrons. The van der Waals surface area contributed by atoms with Gasteiger partial charge in [-0.3, -0.25) is 19.9 Å². The molecule has 1 amide bonds. The molecule has 0 bridgehead atoms. The number of oxazole rings is 1. The van der Waals surface area contributed by atoms with Crippen LogP contribution in [0, 0.1) is 10.1 Å². The van der Waals surface area contributed by atoms with Gasteiger partial charge in [-0.25, -0.2) is 0 Å². The van der Waals surface area contributed by atoms with Crippen LogP contribution in [0.25, 0.3) is 11.3 Å². The maximum atomic E-state index is 14.0. The van der Waals surface area contributed by atoms with Crippen LogP contribution < -0.4 is 15.4 Å². The summed E-state index contributed by atoms with van der Waals surface area (Å²) >= 11 is 0. The molecule has 2 N–H and O–H groups in total. The van der Waals surface area contributed by atoms with Crippen molar-refractivity contribution in [2.24, 2.45) is 0 Å². The van der Waals surface area contributed by atoms with Crippen LogP contribution in [0.15, 0.2) is 83.6 Å². The second-order valence-corrected chi connectivity index (χ2v) is 11.1. The summed E-state index contributed by atoms with van der Waals surface area (Å²) in [7, 11) is 1.62. The van der Waals surface area contributed by atoms with Gasteiger partial charge in [0.05, 0.1) is 18.2 Å². The molecule has 0 aliphatic heterocycles. The number of carbonyl (C=O) groups excluding carboxylic acids is 1. The Labute approximate surface area is 244 Å². The number of nitrogens with zero attached hydrogens (tertiary/aromatic N) is 3. The average molecular weight is 570 g/mol. The van der Waals surface area contributed by atoms with Crippen LogP contribution in [-0.4, -0.2) is 40.0 Å². The zero-order valence-corrected chi connectivity index (χ0v) is 23.8. The molecule has 1 unspecified atom stereocenters. The number of benzene rings is 2. The van der Waals surface area contributed by atoms with Crippen molar-refractivity contribution in [1.82, 2.24) is 15.3 Å². The third kappa shape index (κ3) is 6.43. The Hall–Kier alpha value is -4.73. The minimum atomic E-state index is -1.10. The number of pyridine rings is 1. The number of methoxy groups -OCH3 is 1. The molecule has 2 heterocycles. The number of carbonyl (C=O) groups is 1. The smallest absolute Gasteiger partial charge is 0.295 e. The minimum Gasteiger partial charge on any atom is -0.495 e. The number of anilines is 1.